The minimum Gasteiger partial charge on any atom is -0.329 e. The molecule has 4 nitrogen and oxygen atoms in total. The topological polar surface area (TPSA) is 56.7 Å². The molecular formula is C13H24N4. The molecule has 1 fully saturated rings. The third-order valence-corrected chi connectivity index (χ3v) is 4.31. The molecule has 96 valence electrons. The third-order valence-electron chi connectivity index (χ3n) is 4.31. The van der Waals surface area contributed by atoms with Gasteiger partial charge in [0.25, 0.3) is 0 Å². The maximum Gasteiger partial charge on any atom is 0.140 e. The highest BCUT2D eigenvalue weighted by Crippen LogP contribution is 2.32. The lowest BCUT2D eigenvalue weighted by Gasteiger charge is -2.30. The summed E-state index contributed by atoms with van der Waals surface area (Å²) in [5.41, 5.74) is 5.89. The standard InChI is InChI=1S/C13H24N4/c1-3-13(2,9-14)12-16-15-10-17(12)11-7-5-4-6-8-11/h10-11H,3-9,14H2,1-2H3. The van der Waals surface area contributed by atoms with Crippen LogP contribution in [0.4, 0.5) is 0 Å². The summed E-state index contributed by atoms with van der Waals surface area (Å²) < 4.78 is 2.29. The monoisotopic (exact) mass is 236 g/mol. The van der Waals surface area contributed by atoms with Gasteiger partial charge < -0.3 is 10.3 Å². The Morgan fingerprint density at radius 3 is 2.71 bits per heavy atom. The van der Waals surface area contributed by atoms with Crippen LogP contribution >= 0.6 is 0 Å². The fourth-order valence-corrected chi connectivity index (χ4v) is 2.70. The second kappa shape index (κ2) is 5.17. The molecule has 0 saturated heterocycles. The molecule has 1 aliphatic carbocycles. The van der Waals surface area contributed by atoms with E-state index in [0.717, 1.165) is 12.2 Å². The Morgan fingerprint density at radius 2 is 2.12 bits per heavy atom. The molecule has 17 heavy (non-hydrogen) atoms. The van der Waals surface area contributed by atoms with Crippen LogP contribution in [-0.2, 0) is 5.41 Å². The van der Waals surface area contributed by atoms with Crippen LogP contribution in [0.2, 0.25) is 0 Å². The largest absolute Gasteiger partial charge is 0.329 e. The Balaban J connectivity index is 2.26. The van der Waals surface area contributed by atoms with Crippen molar-refractivity contribution in [3.63, 3.8) is 0 Å². The zero-order valence-electron chi connectivity index (χ0n) is 11.0. The molecule has 0 aromatic carbocycles. The molecule has 1 atom stereocenters. The summed E-state index contributed by atoms with van der Waals surface area (Å²) in [7, 11) is 0. The minimum absolute atomic E-state index is 0.0338. The summed E-state index contributed by atoms with van der Waals surface area (Å²) in [6.07, 6.45) is 9.45. The smallest absolute Gasteiger partial charge is 0.140 e. The summed E-state index contributed by atoms with van der Waals surface area (Å²) in [4.78, 5) is 0. The first-order valence-corrected chi connectivity index (χ1v) is 6.81. The maximum atomic E-state index is 5.93. The molecule has 1 heterocycles. The van der Waals surface area contributed by atoms with E-state index in [4.69, 9.17) is 5.73 Å². The van der Waals surface area contributed by atoms with E-state index in [-0.39, 0.29) is 5.41 Å². The van der Waals surface area contributed by atoms with Crippen LogP contribution in [0.25, 0.3) is 0 Å². The van der Waals surface area contributed by atoms with Gasteiger partial charge in [0.05, 0.1) is 0 Å². The second-order valence-corrected chi connectivity index (χ2v) is 5.47. The van der Waals surface area contributed by atoms with Gasteiger partial charge in [0.1, 0.15) is 12.2 Å². The minimum atomic E-state index is -0.0338. The molecule has 1 saturated carbocycles. The van der Waals surface area contributed by atoms with Crippen molar-refractivity contribution in [3.05, 3.63) is 12.2 Å². The predicted molar refractivity (Wildman–Crippen MR) is 68.8 cm³/mol. The third kappa shape index (κ3) is 2.37. The van der Waals surface area contributed by atoms with Gasteiger partial charge in [0.2, 0.25) is 0 Å². The number of aromatic nitrogens is 3. The van der Waals surface area contributed by atoms with Gasteiger partial charge in [-0.2, -0.15) is 0 Å². The van der Waals surface area contributed by atoms with Crippen molar-refractivity contribution in [3.8, 4) is 0 Å². The molecule has 0 amide bonds. The van der Waals surface area contributed by atoms with Gasteiger partial charge in [-0.15, -0.1) is 10.2 Å². The SMILES string of the molecule is CCC(C)(CN)c1nncn1C1CCCCC1. The zero-order valence-corrected chi connectivity index (χ0v) is 11.0. The van der Waals surface area contributed by atoms with E-state index in [1.807, 2.05) is 6.33 Å². The van der Waals surface area contributed by atoms with Gasteiger partial charge in [-0.3, -0.25) is 0 Å². The van der Waals surface area contributed by atoms with Crippen molar-refractivity contribution in [1.29, 1.82) is 0 Å². The Morgan fingerprint density at radius 1 is 1.41 bits per heavy atom. The van der Waals surface area contributed by atoms with E-state index < -0.39 is 0 Å². The Kier molecular flexibility index (Phi) is 3.82. The average molecular weight is 236 g/mol. The first-order chi connectivity index (χ1) is 8.21. The summed E-state index contributed by atoms with van der Waals surface area (Å²) >= 11 is 0. The van der Waals surface area contributed by atoms with Crippen LogP contribution in [0, 0.1) is 0 Å². The summed E-state index contributed by atoms with van der Waals surface area (Å²) in [5, 5.41) is 8.45. The van der Waals surface area contributed by atoms with E-state index in [1.54, 1.807) is 0 Å². The zero-order chi connectivity index (χ0) is 12.3. The second-order valence-electron chi connectivity index (χ2n) is 5.47. The number of hydrogen-bond donors (Lipinski definition) is 1. The van der Waals surface area contributed by atoms with Gasteiger partial charge in [-0.05, 0) is 19.3 Å². The Hall–Kier alpha value is -0.900. The molecule has 1 aromatic rings. The van der Waals surface area contributed by atoms with Crippen LogP contribution in [0.15, 0.2) is 6.33 Å². The van der Waals surface area contributed by atoms with Crippen LogP contribution in [0.3, 0.4) is 0 Å². The van der Waals surface area contributed by atoms with E-state index in [0.29, 0.717) is 12.6 Å². The summed E-state index contributed by atoms with van der Waals surface area (Å²) in [6.45, 7) is 5.00. The molecule has 0 bridgehead atoms. The molecule has 1 unspecified atom stereocenters. The highest BCUT2D eigenvalue weighted by molar-refractivity contribution is 5.08. The number of nitrogens with zero attached hydrogens (tertiary/aromatic N) is 3. The normalized spacial score (nSPS) is 21.4. The molecule has 0 spiro atoms. The molecular weight excluding hydrogens is 212 g/mol. The van der Waals surface area contributed by atoms with E-state index in [1.165, 1.54) is 32.1 Å². The van der Waals surface area contributed by atoms with Crippen LogP contribution in [-0.4, -0.2) is 21.3 Å². The Labute approximate surface area is 104 Å². The number of nitrogens with two attached hydrogens (primary N) is 1. The fraction of sp³-hybridized carbons (Fsp3) is 0.846. The Bertz CT molecular complexity index is 348. The highest BCUT2D eigenvalue weighted by atomic mass is 15.3. The van der Waals surface area contributed by atoms with Crippen molar-refractivity contribution in [1.82, 2.24) is 14.8 Å². The van der Waals surface area contributed by atoms with Crippen molar-refractivity contribution < 1.29 is 0 Å². The van der Waals surface area contributed by atoms with Crippen LogP contribution in [0.5, 0.6) is 0 Å². The average Bonchev–Trinajstić information content (AvgIpc) is 2.88. The van der Waals surface area contributed by atoms with Gasteiger partial charge in [0.15, 0.2) is 0 Å². The summed E-state index contributed by atoms with van der Waals surface area (Å²) in [5.74, 6) is 1.08. The van der Waals surface area contributed by atoms with E-state index >= 15 is 0 Å². The molecule has 2 N–H and O–H groups in total. The van der Waals surface area contributed by atoms with Crippen molar-refractivity contribution in [2.75, 3.05) is 6.54 Å². The lowest BCUT2D eigenvalue weighted by molar-refractivity contribution is 0.318. The molecule has 0 aliphatic heterocycles. The number of rotatable bonds is 4. The lowest BCUT2D eigenvalue weighted by Crippen LogP contribution is -2.35. The molecule has 1 aromatic heterocycles. The van der Waals surface area contributed by atoms with Crippen molar-refractivity contribution >= 4 is 0 Å². The molecule has 1 aliphatic rings. The van der Waals surface area contributed by atoms with Crippen LogP contribution in [0.1, 0.15) is 64.2 Å². The highest BCUT2D eigenvalue weighted by Gasteiger charge is 2.31. The first-order valence-electron chi connectivity index (χ1n) is 6.81. The van der Waals surface area contributed by atoms with Crippen molar-refractivity contribution in [2.45, 2.75) is 63.8 Å². The lowest BCUT2D eigenvalue weighted by atomic mass is 9.85. The molecule has 2 rings (SSSR count). The van der Waals surface area contributed by atoms with Gasteiger partial charge >= 0.3 is 0 Å². The maximum absolute atomic E-state index is 5.93. The van der Waals surface area contributed by atoms with E-state index in [2.05, 4.69) is 28.6 Å². The van der Waals surface area contributed by atoms with E-state index in [9.17, 15) is 0 Å². The summed E-state index contributed by atoms with van der Waals surface area (Å²) in [6, 6.07) is 0.589. The van der Waals surface area contributed by atoms with Crippen molar-refractivity contribution in [2.24, 2.45) is 5.73 Å². The van der Waals surface area contributed by atoms with Gasteiger partial charge in [-0.1, -0.05) is 33.1 Å². The molecule has 4 heteroatoms. The van der Waals surface area contributed by atoms with Crippen LogP contribution < -0.4 is 5.73 Å². The van der Waals surface area contributed by atoms with Gasteiger partial charge in [-0.25, -0.2) is 0 Å². The predicted octanol–water partition coefficient (Wildman–Crippen LogP) is 2.41. The number of hydrogen-bond acceptors (Lipinski definition) is 3. The fourth-order valence-electron chi connectivity index (χ4n) is 2.70. The quantitative estimate of drug-likeness (QED) is 0.873. The first kappa shape index (κ1) is 12.6. The van der Waals surface area contributed by atoms with Gasteiger partial charge in [0, 0.05) is 18.0 Å². The molecule has 0 radical (unpaired) electrons.